The molecule has 0 saturated carbocycles. The van der Waals surface area contributed by atoms with Crippen LogP contribution in [0, 0.1) is 13.8 Å². The third-order valence-electron chi connectivity index (χ3n) is 3.24. The Labute approximate surface area is 119 Å². The van der Waals surface area contributed by atoms with Gasteiger partial charge < -0.3 is 10.6 Å². The molecular weight excluding hydrogens is 252 g/mol. The maximum atomic E-state index is 12.2. The van der Waals surface area contributed by atoms with Gasteiger partial charge in [-0.15, -0.1) is 0 Å². The van der Waals surface area contributed by atoms with E-state index in [-0.39, 0.29) is 5.91 Å². The Morgan fingerprint density at radius 3 is 2.70 bits per heavy atom. The number of hydrogen-bond acceptors (Lipinski definition) is 3. The first-order valence-electron chi connectivity index (χ1n) is 6.57. The minimum absolute atomic E-state index is 0.0856. The molecule has 0 aliphatic carbocycles. The van der Waals surface area contributed by atoms with Crippen molar-refractivity contribution in [2.45, 2.75) is 20.4 Å². The molecule has 0 atom stereocenters. The summed E-state index contributed by atoms with van der Waals surface area (Å²) in [4.78, 5) is 12.2. The van der Waals surface area contributed by atoms with Gasteiger partial charge in [-0.2, -0.15) is 5.10 Å². The van der Waals surface area contributed by atoms with Gasteiger partial charge in [0.15, 0.2) is 0 Å². The molecule has 106 valence electrons. The molecule has 1 aromatic carbocycles. The second-order valence-electron chi connectivity index (χ2n) is 4.90. The van der Waals surface area contributed by atoms with Crippen LogP contribution in [-0.4, -0.2) is 22.7 Å². The van der Waals surface area contributed by atoms with Crippen molar-refractivity contribution in [1.82, 2.24) is 15.1 Å². The number of amides is 1. The fourth-order valence-electron chi connectivity index (χ4n) is 2.16. The standard InChI is InChI=1S/C15H20N4O/c1-10-5-6-13(14(7-10)16-3)15(20)17-8-12-9-19(4)18-11(12)2/h5-7,9,16H,8H2,1-4H3,(H,17,20). The number of anilines is 1. The predicted octanol–water partition coefficient (Wildman–Crippen LogP) is 2.01. The van der Waals surface area contributed by atoms with E-state index in [1.165, 1.54) is 0 Å². The molecule has 0 bridgehead atoms. The second kappa shape index (κ2) is 5.77. The minimum atomic E-state index is -0.0856. The maximum Gasteiger partial charge on any atom is 0.253 e. The van der Waals surface area contributed by atoms with Crippen molar-refractivity contribution in [2.75, 3.05) is 12.4 Å². The van der Waals surface area contributed by atoms with Crippen LogP contribution in [0.2, 0.25) is 0 Å². The molecule has 0 spiro atoms. The average Bonchev–Trinajstić information content (AvgIpc) is 2.74. The van der Waals surface area contributed by atoms with Crippen molar-refractivity contribution >= 4 is 11.6 Å². The molecule has 5 heteroatoms. The molecule has 0 unspecified atom stereocenters. The number of rotatable bonds is 4. The number of nitrogens with zero attached hydrogens (tertiary/aromatic N) is 2. The lowest BCUT2D eigenvalue weighted by atomic mass is 10.1. The van der Waals surface area contributed by atoms with E-state index in [4.69, 9.17) is 0 Å². The topological polar surface area (TPSA) is 59.0 Å². The summed E-state index contributed by atoms with van der Waals surface area (Å²) < 4.78 is 1.75. The number of nitrogens with one attached hydrogen (secondary N) is 2. The van der Waals surface area contributed by atoms with Crippen LogP contribution in [0.3, 0.4) is 0 Å². The molecule has 0 aliphatic rings. The van der Waals surface area contributed by atoms with Gasteiger partial charge in [0.25, 0.3) is 5.91 Å². The highest BCUT2D eigenvalue weighted by molar-refractivity contribution is 5.99. The molecule has 2 aromatic rings. The largest absolute Gasteiger partial charge is 0.387 e. The number of carbonyl (C=O) groups is 1. The molecule has 0 aliphatic heterocycles. The average molecular weight is 272 g/mol. The monoisotopic (exact) mass is 272 g/mol. The zero-order valence-electron chi connectivity index (χ0n) is 12.3. The SMILES string of the molecule is CNc1cc(C)ccc1C(=O)NCc1cn(C)nc1C. The summed E-state index contributed by atoms with van der Waals surface area (Å²) in [5, 5.41) is 10.2. The van der Waals surface area contributed by atoms with E-state index >= 15 is 0 Å². The van der Waals surface area contributed by atoms with Crippen LogP contribution in [0.5, 0.6) is 0 Å². The van der Waals surface area contributed by atoms with E-state index in [0.29, 0.717) is 12.1 Å². The molecule has 0 saturated heterocycles. The lowest BCUT2D eigenvalue weighted by Crippen LogP contribution is -2.24. The lowest BCUT2D eigenvalue weighted by molar-refractivity contribution is 0.0951. The molecule has 2 N–H and O–H groups in total. The molecule has 20 heavy (non-hydrogen) atoms. The number of benzene rings is 1. The predicted molar refractivity (Wildman–Crippen MR) is 79.8 cm³/mol. The van der Waals surface area contributed by atoms with Gasteiger partial charge in [-0.25, -0.2) is 0 Å². The van der Waals surface area contributed by atoms with Gasteiger partial charge in [0.05, 0.1) is 11.3 Å². The minimum Gasteiger partial charge on any atom is -0.387 e. The van der Waals surface area contributed by atoms with E-state index < -0.39 is 0 Å². The molecule has 1 heterocycles. The van der Waals surface area contributed by atoms with Crippen LogP contribution in [0.15, 0.2) is 24.4 Å². The molecule has 2 rings (SSSR count). The van der Waals surface area contributed by atoms with Crippen molar-refractivity contribution in [3.05, 3.63) is 46.8 Å². The fraction of sp³-hybridized carbons (Fsp3) is 0.333. The quantitative estimate of drug-likeness (QED) is 0.895. The Morgan fingerprint density at radius 2 is 2.10 bits per heavy atom. The van der Waals surface area contributed by atoms with E-state index in [9.17, 15) is 4.79 Å². The van der Waals surface area contributed by atoms with Gasteiger partial charge in [0.1, 0.15) is 0 Å². The Bertz CT molecular complexity index is 631. The van der Waals surface area contributed by atoms with Crippen molar-refractivity contribution in [2.24, 2.45) is 7.05 Å². The van der Waals surface area contributed by atoms with Crippen LogP contribution in [-0.2, 0) is 13.6 Å². The van der Waals surface area contributed by atoms with Crippen molar-refractivity contribution in [3.63, 3.8) is 0 Å². The molecular formula is C15H20N4O. The zero-order valence-corrected chi connectivity index (χ0v) is 12.3. The van der Waals surface area contributed by atoms with Gasteiger partial charge in [-0.05, 0) is 31.5 Å². The van der Waals surface area contributed by atoms with Gasteiger partial charge in [-0.1, -0.05) is 6.07 Å². The third kappa shape index (κ3) is 2.99. The number of aromatic nitrogens is 2. The number of aryl methyl sites for hydroxylation is 3. The van der Waals surface area contributed by atoms with E-state index in [2.05, 4.69) is 15.7 Å². The summed E-state index contributed by atoms with van der Waals surface area (Å²) in [6, 6.07) is 5.74. The Balaban J connectivity index is 2.11. The van der Waals surface area contributed by atoms with E-state index in [1.807, 2.05) is 52.3 Å². The second-order valence-corrected chi connectivity index (χ2v) is 4.90. The van der Waals surface area contributed by atoms with Crippen molar-refractivity contribution < 1.29 is 4.79 Å². The van der Waals surface area contributed by atoms with Crippen LogP contribution in [0.25, 0.3) is 0 Å². The normalized spacial score (nSPS) is 10.4. The van der Waals surface area contributed by atoms with Crippen molar-refractivity contribution in [3.8, 4) is 0 Å². The lowest BCUT2D eigenvalue weighted by Gasteiger charge is -2.10. The summed E-state index contributed by atoms with van der Waals surface area (Å²) in [6.45, 7) is 4.42. The molecule has 0 fully saturated rings. The van der Waals surface area contributed by atoms with Crippen LogP contribution < -0.4 is 10.6 Å². The molecule has 1 aromatic heterocycles. The van der Waals surface area contributed by atoms with Crippen LogP contribution in [0.1, 0.15) is 27.2 Å². The number of hydrogen-bond donors (Lipinski definition) is 2. The Morgan fingerprint density at radius 1 is 1.35 bits per heavy atom. The van der Waals surface area contributed by atoms with Crippen LogP contribution in [0.4, 0.5) is 5.69 Å². The maximum absolute atomic E-state index is 12.2. The Kier molecular flexibility index (Phi) is 4.08. The highest BCUT2D eigenvalue weighted by Crippen LogP contribution is 2.17. The van der Waals surface area contributed by atoms with Gasteiger partial charge >= 0.3 is 0 Å². The first kappa shape index (κ1) is 14.1. The van der Waals surface area contributed by atoms with E-state index in [1.54, 1.807) is 4.68 Å². The Hall–Kier alpha value is -2.30. The van der Waals surface area contributed by atoms with Gasteiger partial charge in [0, 0.05) is 38.1 Å². The highest BCUT2D eigenvalue weighted by Gasteiger charge is 2.11. The number of carbonyl (C=O) groups excluding carboxylic acids is 1. The van der Waals surface area contributed by atoms with E-state index in [0.717, 1.165) is 22.5 Å². The molecule has 0 radical (unpaired) electrons. The summed E-state index contributed by atoms with van der Waals surface area (Å²) in [6.07, 6.45) is 1.92. The fourth-order valence-corrected chi connectivity index (χ4v) is 2.16. The first-order chi connectivity index (χ1) is 9.51. The molecule has 5 nitrogen and oxygen atoms in total. The summed E-state index contributed by atoms with van der Waals surface area (Å²) in [5.41, 5.74) is 4.57. The highest BCUT2D eigenvalue weighted by atomic mass is 16.1. The third-order valence-corrected chi connectivity index (χ3v) is 3.24. The van der Waals surface area contributed by atoms with Gasteiger partial charge in [-0.3, -0.25) is 9.48 Å². The van der Waals surface area contributed by atoms with Crippen LogP contribution >= 0.6 is 0 Å². The summed E-state index contributed by atoms with van der Waals surface area (Å²) in [5.74, 6) is -0.0856. The molecule has 1 amide bonds. The summed E-state index contributed by atoms with van der Waals surface area (Å²) >= 11 is 0. The summed E-state index contributed by atoms with van der Waals surface area (Å²) in [7, 11) is 3.69. The first-order valence-corrected chi connectivity index (χ1v) is 6.57. The van der Waals surface area contributed by atoms with Gasteiger partial charge in [0.2, 0.25) is 0 Å². The smallest absolute Gasteiger partial charge is 0.253 e. The van der Waals surface area contributed by atoms with Crippen molar-refractivity contribution in [1.29, 1.82) is 0 Å². The zero-order chi connectivity index (χ0) is 14.7.